The van der Waals surface area contributed by atoms with Gasteiger partial charge in [0.15, 0.2) is 11.4 Å². The number of benzene rings is 2. The van der Waals surface area contributed by atoms with Crippen LogP contribution in [0.2, 0.25) is 0 Å². The van der Waals surface area contributed by atoms with Crippen LogP contribution in [-0.2, 0) is 15.1 Å². The number of carbonyl (C=O) groups is 1. The predicted molar refractivity (Wildman–Crippen MR) is 125 cm³/mol. The molecule has 31 heavy (non-hydrogen) atoms. The van der Waals surface area contributed by atoms with E-state index in [0.29, 0.717) is 6.42 Å². The Hall–Kier alpha value is -2.61. The topological polar surface area (TPSA) is 26.3 Å². The molecule has 2 aromatic rings. The van der Waals surface area contributed by atoms with Crippen molar-refractivity contribution in [2.45, 2.75) is 66.4 Å². The van der Waals surface area contributed by atoms with Gasteiger partial charge >= 0.3 is 0 Å². The Morgan fingerprint density at radius 2 is 1.23 bits per heavy atom. The highest BCUT2D eigenvalue weighted by Crippen LogP contribution is 2.73. The van der Waals surface area contributed by atoms with Gasteiger partial charge in [-0.1, -0.05) is 87.4 Å². The van der Waals surface area contributed by atoms with Crippen LogP contribution < -0.4 is 0 Å². The molecule has 1 aliphatic heterocycles. The number of ketones is 1. The van der Waals surface area contributed by atoms with Crippen molar-refractivity contribution in [3.63, 3.8) is 0 Å². The fourth-order valence-electron chi connectivity index (χ4n) is 5.71. The van der Waals surface area contributed by atoms with E-state index in [-0.39, 0.29) is 16.6 Å². The Labute approximate surface area is 186 Å². The first kappa shape index (κ1) is 20.3. The molecule has 0 atom stereocenters. The highest BCUT2D eigenvalue weighted by molar-refractivity contribution is 6.03. The second-order valence-corrected chi connectivity index (χ2v) is 10.6. The highest BCUT2D eigenvalue weighted by Gasteiger charge is 2.66. The second-order valence-electron chi connectivity index (χ2n) is 10.6. The third-order valence-corrected chi connectivity index (χ3v) is 8.16. The Morgan fingerprint density at radius 1 is 0.742 bits per heavy atom. The van der Waals surface area contributed by atoms with Crippen LogP contribution >= 0.6 is 0 Å². The smallest absolute Gasteiger partial charge is 0.184 e. The van der Waals surface area contributed by atoms with E-state index in [0.717, 1.165) is 40.9 Å². The Bertz CT molecular complexity index is 1080. The number of carbonyl (C=O) groups excluding carboxylic acids is 1. The third-order valence-electron chi connectivity index (χ3n) is 8.16. The van der Waals surface area contributed by atoms with Gasteiger partial charge in [-0.3, -0.25) is 4.79 Å². The van der Waals surface area contributed by atoms with Crippen molar-refractivity contribution in [2.75, 3.05) is 0 Å². The highest BCUT2D eigenvalue weighted by atomic mass is 16.5. The first-order valence-electron chi connectivity index (χ1n) is 11.5. The van der Waals surface area contributed by atoms with E-state index < -0.39 is 5.60 Å². The van der Waals surface area contributed by atoms with E-state index in [1.165, 1.54) is 16.7 Å². The van der Waals surface area contributed by atoms with Crippen molar-refractivity contribution in [2.24, 2.45) is 10.8 Å². The SMILES string of the molecule is Cc1ccc(C2(c3ccc(C)cc3)OC3=C(C(=O)CCC3)C2=C2C(C)(C)C2(C)C)cc1. The quantitative estimate of drug-likeness (QED) is 0.534. The van der Waals surface area contributed by atoms with Crippen LogP contribution in [0.1, 0.15) is 69.2 Å². The molecule has 1 saturated carbocycles. The number of hydrogen-bond acceptors (Lipinski definition) is 2. The summed E-state index contributed by atoms with van der Waals surface area (Å²) in [6.45, 7) is 13.4. The molecular formula is C29H32O2. The molecule has 0 N–H and O–H groups in total. The molecule has 0 amide bonds. The summed E-state index contributed by atoms with van der Waals surface area (Å²) in [4.78, 5) is 13.3. The van der Waals surface area contributed by atoms with Crippen LogP contribution in [0.4, 0.5) is 0 Å². The van der Waals surface area contributed by atoms with Crippen LogP contribution in [0.5, 0.6) is 0 Å². The summed E-state index contributed by atoms with van der Waals surface area (Å²) in [7, 11) is 0. The average Bonchev–Trinajstić information content (AvgIpc) is 2.97. The molecule has 2 heteroatoms. The summed E-state index contributed by atoms with van der Waals surface area (Å²) < 4.78 is 6.98. The zero-order valence-electron chi connectivity index (χ0n) is 19.6. The molecule has 1 fully saturated rings. The van der Waals surface area contributed by atoms with Crippen molar-refractivity contribution in [3.05, 3.63) is 93.3 Å². The first-order valence-corrected chi connectivity index (χ1v) is 11.5. The summed E-state index contributed by atoms with van der Waals surface area (Å²) in [5.41, 5.74) is 7.25. The maximum Gasteiger partial charge on any atom is 0.184 e. The zero-order valence-corrected chi connectivity index (χ0v) is 19.6. The molecule has 3 aliphatic rings. The van der Waals surface area contributed by atoms with E-state index in [4.69, 9.17) is 4.74 Å². The maximum atomic E-state index is 13.3. The second kappa shape index (κ2) is 6.45. The summed E-state index contributed by atoms with van der Waals surface area (Å²) in [5.74, 6) is 1.13. The Morgan fingerprint density at radius 3 is 1.68 bits per heavy atom. The number of ether oxygens (including phenoxy) is 1. The van der Waals surface area contributed by atoms with Gasteiger partial charge < -0.3 is 4.74 Å². The van der Waals surface area contributed by atoms with Crippen molar-refractivity contribution >= 4 is 5.78 Å². The van der Waals surface area contributed by atoms with E-state index in [9.17, 15) is 4.79 Å². The van der Waals surface area contributed by atoms with Crippen LogP contribution in [0.25, 0.3) is 0 Å². The molecule has 0 aromatic heterocycles. The first-order chi connectivity index (χ1) is 14.6. The summed E-state index contributed by atoms with van der Waals surface area (Å²) >= 11 is 0. The van der Waals surface area contributed by atoms with Crippen LogP contribution in [0.3, 0.4) is 0 Å². The van der Waals surface area contributed by atoms with Gasteiger partial charge in [-0.25, -0.2) is 0 Å². The molecule has 2 aliphatic carbocycles. The maximum absolute atomic E-state index is 13.3. The molecule has 1 heterocycles. The molecule has 2 aromatic carbocycles. The van der Waals surface area contributed by atoms with Gasteiger partial charge in [-0.15, -0.1) is 0 Å². The minimum atomic E-state index is -0.771. The fourth-order valence-corrected chi connectivity index (χ4v) is 5.71. The molecule has 160 valence electrons. The predicted octanol–water partition coefficient (Wildman–Crippen LogP) is 6.95. The van der Waals surface area contributed by atoms with Gasteiger partial charge in [0, 0.05) is 29.5 Å². The van der Waals surface area contributed by atoms with Gasteiger partial charge in [0.1, 0.15) is 5.76 Å². The molecular weight excluding hydrogens is 380 g/mol. The summed E-state index contributed by atoms with van der Waals surface area (Å²) in [6.07, 6.45) is 2.31. The van der Waals surface area contributed by atoms with E-state index >= 15 is 0 Å². The Balaban J connectivity index is 1.88. The molecule has 0 bridgehead atoms. The minimum absolute atomic E-state index is 0.0204. The standard InChI is InChI=1S/C29H32O2/c1-18-10-14-20(15-11-18)29(21-16-12-19(2)13-17-21)25(26-27(3,4)28(26,5)6)24-22(30)8-7-9-23(24)31-29/h10-17H,7-9H2,1-6H3. The monoisotopic (exact) mass is 412 g/mol. The number of rotatable bonds is 2. The van der Waals surface area contributed by atoms with Crippen molar-refractivity contribution in [3.8, 4) is 0 Å². The average molecular weight is 413 g/mol. The molecule has 0 unspecified atom stereocenters. The van der Waals surface area contributed by atoms with Crippen molar-refractivity contribution in [1.82, 2.24) is 0 Å². The minimum Gasteiger partial charge on any atom is -0.477 e. The van der Waals surface area contributed by atoms with Crippen LogP contribution in [0.15, 0.2) is 71.0 Å². The van der Waals surface area contributed by atoms with E-state index in [1.54, 1.807) is 0 Å². The lowest BCUT2D eigenvalue weighted by Crippen LogP contribution is -2.31. The van der Waals surface area contributed by atoms with Gasteiger partial charge in [-0.2, -0.15) is 0 Å². The fraction of sp³-hybridized carbons (Fsp3) is 0.414. The van der Waals surface area contributed by atoms with E-state index in [1.807, 2.05) is 0 Å². The lowest BCUT2D eigenvalue weighted by Gasteiger charge is -2.33. The lowest BCUT2D eigenvalue weighted by atomic mass is 9.74. The van der Waals surface area contributed by atoms with Crippen LogP contribution in [0, 0.1) is 24.7 Å². The number of Topliss-reactive ketones (excluding diaryl/α,β-unsaturated/α-hetero) is 1. The van der Waals surface area contributed by atoms with E-state index in [2.05, 4.69) is 90.1 Å². The zero-order chi connectivity index (χ0) is 22.2. The largest absolute Gasteiger partial charge is 0.477 e. The van der Waals surface area contributed by atoms with Gasteiger partial charge in [-0.05, 0) is 36.7 Å². The van der Waals surface area contributed by atoms with Gasteiger partial charge in [0.2, 0.25) is 0 Å². The molecule has 0 radical (unpaired) electrons. The summed E-state index contributed by atoms with van der Waals surface area (Å²) in [6, 6.07) is 17.3. The molecule has 0 saturated heterocycles. The lowest BCUT2D eigenvalue weighted by molar-refractivity contribution is -0.115. The number of aryl methyl sites for hydroxylation is 2. The summed E-state index contributed by atoms with van der Waals surface area (Å²) in [5, 5.41) is 0. The normalized spacial score (nSPS) is 23.0. The van der Waals surface area contributed by atoms with Crippen LogP contribution in [-0.4, -0.2) is 5.78 Å². The molecule has 5 rings (SSSR count). The number of allylic oxidation sites excluding steroid dienone is 2. The molecule has 0 spiro atoms. The third kappa shape index (κ3) is 2.67. The van der Waals surface area contributed by atoms with Gasteiger partial charge in [0.05, 0.1) is 5.57 Å². The molecule has 2 nitrogen and oxygen atoms in total. The Kier molecular flexibility index (Phi) is 4.22. The van der Waals surface area contributed by atoms with Crippen molar-refractivity contribution < 1.29 is 9.53 Å². The number of hydrogen-bond donors (Lipinski definition) is 0. The van der Waals surface area contributed by atoms with Gasteiger partial charge in [0.25, 0.3) is 0 Å². The van der Waals surface area contributed by atoms with Crippen molar-refractivity contribution in [1.29, 1.82) is 0 Å².